The van der Waals surface area contributed by atoms with Gasteiger partial charge in [-0.2, -0.15) is 18.0 Å². The Hall–Kier alpha value is -3.19. The molecular weight excluding hydrogens is 581 g/mol. The number of halogens is 4. The lowest BCUT2D eigenvalue weighted by atomic mass is 9.89. The molecule has 13 heteroatoms. The van der Waals surface area contributed by atoms with Gasteiger partial charge in [-0.15, -0.1) is 5.10 Å². The van der Waals surface area contributed by atoms with Crippen LogP contribution in [0.15, 0.2) is 46.9 Å². The molecule has 5 rings (SSSR count). The number of alkyl halides is 3. The van der Waals surface area contributed by atoms with Gasteiger partial charge in [0.15, 0.2) is 0 Å². The van der Waals surface area contributed by atoms with E-state index in [0.29, 0.717) is 37.1 Å². The molecule has 4 atom stereocenters. The molecule has 208 valence electrons. The summed E-state index contributed by atoms with van der Waals surface area (Å²) in [6, 6.07) is 10.2. The highest BCUT2D eigenvalue weighted by Crippen LogP contribution is 2.43. The smallest absolute Gasteiger partial charge is 0.416 e. The van der Waals surface area contributed by atoms with Gasteiger partial charge in [-0.05, 0) is 72.9 Å². The minimum absolute atomic E-state index is 0.0570. The van der Waals surface area contributed by atoms with Crippen molar-refractivity contribution in [2.75, 3.05) is 23.4 Å². The van der Waals surface area contributed by atoms with Crippen LogP contribution in [0, 0.1) is 0 Å². The highest BCUT2D eigenvalue weighted by atomic mass is 79.9. The quantitative estimate of drug-likeness (QED) is 0.316. The van der Waals surface area contributed by atoms with Crippen LogP contribution >= 0.6 is 15.9 Å². The van der Waals surface area contributed by atoms with E-state index >= 15 is 0 Å². The van der Waals surface area contributed by atoms with Gasteiger partial charge in [0.05, 0.1) is 30.5 Å². The number of carbonyl (C=O) groups excluding carboxylic acids is 1. The number of fused-ring (bicyclic) bond motifs is 1. The third-order valence-corrected chi connectivity index (χ3v) is 7.44. The van der Waals surface area contributed by atoms with Crippen LogP contribution in [0.25, 0.3) is 0 Å². The predicted molar refractivity (Wildman–Crippen MR) is 140 cm³/mol. The third kappa shape index (κ3) is 6.03. The Morgan fingerprint density at radius 3 is 2.72 bits per heavy atom. The van der Waals surface area contributed by atoms with E-state index in [4.69, 9.17) is 9.47 Å². The molecule has 1 fully saturated rings. The van der Waals surface area contributed by atoms with Crippen molar-refractivity contribution in [3.63, 3.8) is 0 Å². The van der Waals surface area contributed by atoms with Crippen LogP contribution in [0.4, 0.5) is 29.6 Å². The van der Waals surface area contributed by atoms with Crippen LogP contribution in [0.5, 0.6) is 0 Å². The number of ether oxygens (including phenoxy) is 2. The SMILES string of the molecule is CCOC(=O)N1c2ccc(C(F)(F)F)cc2[C@@H](Nc2nnn(C(Cc3cccc(Br)c3)C3CO3)n2)C[C@H]1CC. The van der Waals surface area contributed by atoms with Gasteiger partial charge in [-0.1, -0.05) is 40.1 Å². The largest absolute Gasteiger partial charge is 0.449 e. The maximum atomic E-state index is 13.6. The molecule has 0 spiro atoms. The standard InChI is InChI=1S/C26H28BrF3N6O3/c1-3-18-13-20(19-12-16(26(28,29)30)8-9-21(19)35(18)25(37)38-4-2)31-24-32-34-36(33-24)22(23-14-39-23)11-15-6-5-7-17(27)10-15/h5-10,12,18,20,22-23H,3-4,11,13-14H2,1-2H3,(H,31,33)/t18-,20+,22?,23?/m1/s1. The fourth-order valence-electron chi connectivity index (χ4n) is 4.98. The molecule has 1 saturated heterocycles. The number of anilines is 2. The maximum Gasteiger partial charge on any atom is 0.416 e. The summed E-state index contributed by atoms with van der Waals surface area (Å²) in [4.78, 5) is 15.7. The number of amides is 1. The highest BCUT2D eigenvalue weighted by molar-refractivity contribution is 9.10. The number of rotatable bonds is 8. The van der Waals surface area contributed by atoms with E-state index in [-0.39, 0.29) is 30.7 Å². The minimum Gasteiger partial charge on any atom is -0.449 e. The Balaban J connectivity index is 1.44. The molecule has 2 unspecified atom stereocenters. The van der Waals surface area contributed by atoms with Gasteiger partial charge in [-0.25, -0.2) is 4.79 Å². The van der Waals surface area contributed by atoms with E-state index < -0.39 is 23.9 Å². The first-order valence-electron chi connectivity index (χ1n) is 12.8. The van der Waals surface area contributed by atoms with Crippen molar-refractivity contribution in [3.8, 4) is 0 Å². The van der Waals surface area contributed by atoms with Crippen LogP contribution in [-0.2, 0) is 22.1 Å². The lowest BCUT2D eigenvalue weighted by Crippen LogP contribution is -2.46. The van der Waals surface area contributed by atoms with E-state index in [1.807, 2.05) is 31.2 Å². The van der Waals surface area contributed by atoms with E-state index in [1.165, 1.54) is 15.8 Å². The Morgan fingerprint density at radius 1 is 1.26 bits per heavy atom. The molecule has 9 nitrogen and oxygen atoms in total. The predicted octanol–water partition coefficient (Wildman–Crippen LogP) is 5.94. The monoisotopic (exact) mass is 608 g/mol. The van der Waals surface area contributed by atoms with Crippen molar-refractivity contribution in [3.05, 3.63) is 63.6 Å². The molecule has 39 heavy (non-hydrogen) atoms. The van der Waals surface area contributed by atoms with E-state index in [2.05, 4.69) is 36.7 Å². The van der Waals surface area contributed by atoms with Crippen molar-refractivity contribution < 1.29 is 27.4 Å². The van der Waals surface area contributed by atoms with Crippen molar-refractivity contribution in [1.29, 1.82) is 0 Å². The average Bonchev–Trinajstić information content (AvgIpc) is 3.64. The van der Waals surface area contributed by atoms with E-state index in [0.717, 1.165) is 22.2 Å². The number of hydrogen-bond acceptors (Lipinski definition) is 7. The number of nitrogens with one attached hydrogen (secondary N) is 1. The summed E-state index contributed by atoms with van der Waals surface area (Å²) in [5.74, 6) is 0.183. The molecule has 1 amide bonds. The molecule has 1 aromatic heterocycles. The van der Waals surface area contributed by atoms with Gasteiger partial charge in [0.2, 0.25) is 0 Å². The van der Waals surface area contributed by atoms with Gasteiger partial charge in [0.25, 0.3) is 5.95 Å². The lowest BCUT2D eigenvalue weighted by molar-refractivity contribution is -0.137. The summed E-state index contributed by atoms with van der Waals surface area (Å²) < 4.78 is 52.6. The zero-order valence-corrected chi connectivity index (χ0v) is 22.9. The van der Waals surface area contributed by atoms with Crippen molar-refractivity contribution in [2.45, 2.75) is 63.5 Å². The number of benzene rings is 2. The zero-order chi connectivity index (χ0) is 27.7. The van der Waals surface area contributed by atoms with Crippen molar-refractivity contribution >= 4 is 33.7 Å². The van der Waals surface area contributed by atoms with Crippen molar-refractivity contribution in [1.82, 2.24) is 20.2 Å². The van der Waals surface area contributed by atoms with Crippen LogP contribution in [0.3, 0.4) is 0 Å². The van der Waals surface area contributed by atoms with Crippen LogP contribution in [0.2, 0.25) is 0 Å². The fourth-order valence-corrected chi connectivity index (χ4v) is 5.43. The topological polar surface area (TPSA) is 97.7 Å². The molecule has 0 radical (unpaired) electrons. The molecule has 2 aliphatic heterocycles. The molecule has 0 aliphatic carbocycles. The fraction of sp³-hybridized carbons (Fsp3) is 0.462. The maximum absolute atomic E-state index is 13.6. The highest BCUT2D eigenvalue weighted by Gasteiger charge is 2.40. The molecular formula is C26H28BrF3N6O3. The van der Waals surface area contributed by atoms with Gasteiger partial charge in [0, 0.05) is 10.5 Å². The van der Waals surface area contributed by atoms with E-state index in [1.54, 1.807) is 6.92 Å². The molecule has 3 heterocycles. The van der Waals surface area contributed by atoms with Gasteiger partial charge in [0.1, 0.15) is 12.1 Å². The van der Waals surface area contributed by atoms with Crippen LogP contribution < -0.4 is 10.2 Å². The molecule has 3 aromatic rings. The number of carbonyl (C=O) groups is 1. The number of tetrazole rings is 1. The van der Waals surface area contributed by atoms with Gasteiger partial charge < -0.3 is 14.8 Å². The number of aromatic nitrogens is 4. The molecule has 2 aromatic carbocycles. The number of hydrogen-bond donors (Lipinski definition) is 1. The molecule has 0 saturated carbocycles. The second kappa shape index (κ2) is 11.1. The summed E-state index contributed by atoms with van der Waals surface area (Å²) in [5.41, 5.74) is 0.948. The van der Waals surface area contributed by atoms with E-state index in [9.17, 15) is 18.0 Å². The first-order chi connectivity index (χ1) is 18.7. The van der Waals surface area contributed by atoms with Crippen LogP contribution in [-0.4, -0.2) is 51.7 Å². The van der Waals surface area contributed by atoms with Crippen molar-refractivity contribution in [2.24, 2.45) is 0 Å². The molecule has 0 bridgehead atoms. The first-order valence-corrected chi connectivity index (χ1v) is 13.6. The summed E-state index contributed by atoms with van der Waals surface area (Å²) in [6.45, 7) is 4.34. The summed E-state index contributed by atoms with van der Waals surface area (Å²) >= 11 is 3.49. The lowest BCUT2D eigenvalue weighted by Gasteiger charge is -2.40. The normalized spacial score (nSPS) is 21.3. The third-order valence-electron chi connectivity index (χ3n) is 6.95. The zero-order valence-electron chi connectivity index (χ0n) is 21.4. The molecule has 2 aliphatic rings. The van der Waals surface area contributed by atoms with Crippen LogP contribution in [0.1, 0.15) is 55.5 Å². The first kappa shape index (κ1) is 27.4. The second-order valence-electron chi connectivity index (χ2n) is 9.54. The Kier molecular flexibility index (Phi) is 7.81. The second-order valence-corrected chi connectivity index (χ2v) is 10.5. The number of epoxide rings is 1. The summed E-state index contributed by atoms with van der Waals surface area (Å²) in [5, 5.41) is 16.1. The Bertz CT molecular complexity index is 1330. The Labute approximate surface area is 231 Å². The molecule has 1 N–H and O–H groups in total. The minimum atomic E-state index is -4.54. The summed E-state index contributed by atoms with van der Waals surface area (Å²) in [6.07, 6.45) is -3.66. The van der Waals surface area contributed by atoms with Gasteiger partial charge in [-0.3, -0.25) is 4.90 Å². The average molecular weight is 609 g/mol. The Morgan fingerprint density at radius 2 is 2.05 bits per heavy atom. The summed E-state index contributed by atoms with van der Waals surface area (Å²) in [7, 11) is 0. The van der Waals surface area contributed by atoms with Gasteiger partial charge >= 0.3 is 12.3 Å². The number of nitrogens with zero attached hydrogens (tertiary/aromatic N) is 5.